The van der Waals surface area contributed by atoms with E-state index in [4.69, 9.17) is 0 Å². The van der Waals surface area contributed by atoms with Gasteiger partial charge in [0.05, 0.1) is 0 Å². The van der Waals surface area contributed by atoms with Crippen LogP contribution in [-0.4, -0.2) is 5.66 Å². The second-order valence-electron chi connectivity index (χ2n) is 4.42. The quantitative estimate of drug-likeness (QED) is 0.573. The van der Waals surface area contributed by atoms with Crippen molar-refractivity contribution in [2.45, 2.75) is 58.5 Å². The van der Waals surface area contributed by atoms with Crippen molar-refractivity contribution in [2.75, 3.05) is 0 Å². The van der Waals surface area contributed by atoms with Crippen molar-refractivity contribution in [1.29, 1.82) is 0 Å². The molecule has 14 heavy (non-hydrogen) atoms. The zero-order valence-electron chi connectivity index (χ0n) is 9.40. The highest BCUT2D eigenvalue weighted by Crippen LogP contribution is 2.32. The van der Waals surface area contributed by atoms with Crippen molar-refractivity contribution < 1.29 is 0 Å². The van der Waals surface area contributed by atoms with Gasteiger partial charge in [0.1, 0.15) is 0 Å². The van der Waals surface area contributed by atoms with Gasteiger partial charge in [0.2, 0.25) is 0 Å². The van der Waals surface area contributed by atoms with Crippen LogP contribution in [0.4, 0.5) is 0 Å². The third-order valence-corrected chi connectivity index (χ3v) is 2.42. The van der Waals surface area contributed by atoms with Gasteiger partial charge in [0, 0.05) is 0 Å². The first-order valence-electron chi connectivity index (χ1n) is 5.52. The first kappa shape index (κ1) is 11.3. The van der Waals surface area contributed by atoms with Crippen LogP contribution in [0.5, 0.6) is 0 Å². The van der Waals surface area contributed by atoms with Crippen molar-refractivity contribution in [3.05, 3.63) is 0 Å². The molecule has 0 saturated carbocycles. The lowest BCUT2D eigenvalue weighted by Crippen LogP contribution is -2.23. The van der Waals surface area contributed by atoms with Gasteiger partial charge in [-0.2, -0.15) is 0 Å². The largest absolute Gasteiger partial charge is 0.195 e. The van der Waals surface area contributed by atoms with Crippen LogP contribution in [0.3, 0.4) is 0 Å². The van der Waals surface area contributed by atoms with Gasteiger partial charge in [0.25, 0.3) is 0 Å². The molecule has 1 aliphatic heterocycles. The van der Waals surface area contributed by atoms with Crippen molar-refractivity contribution >= 4 is 0 Å². The van der Waals surface area contributed by atoms with E-state index in [9.17, 15) is 0 Å². The van der Waals surface area contributed by atoms with Gasteiger partial charge < -0.3 is 0 Å². The Morgan fingerprint density at radius 2 is 1.71 bits per heavy atom. The van der Waals surface area contributed by atoms with Crippen LogP contribution in [0.1, 0.15) is 52.9 Å². The minimum Gasteiger partial charge on any atom is -0.135 e. The van der Waals surface area contributed by atoms with Crippen molar-refractivity contribution in [1.82, 2.24) is 0 Å². The Kier molecular flexibility index (Phi) is 4.17. The highest BCUT2D eigenvalue weighted by molar-refractivity contribution is 4.85. The van der Waals surface area contributed by atoms with E-state index in [0.717, 1.165) is 12.8 Å². The molecule has 1 rings (SSSR count). The molecule has 0 radical (unpaired) electrons. The second-order valence-corrected chi connectivity index (χ2v) is 4.42. The third kappa shape index (κ3) is 3.16. The lowest BCUT2D eigenvalue weighted by molar-refractivity contribution is 0.319. The van der Waals surface area contributed by atoms with Gasteiger partial charge in [-0.3, -0.25) is 0 Å². The molecule has 0 saturated heterocycles. The molecule has 0 fully saturated rings. The van der Waals surface area contributed by atoms with Gasteiger partial charge in [-0.25, -0.2) is 0 Å². The summed E-state index contributed by atoms with van der Waals surface area (Å²) in [4.78, 5) is 0. The molecule has 1 heterocycles. The number of nitrogens with zero attached hydrogens (tertiary/aromatic N) is 4. The molecule has 4 heteroatoms. The molecule has 0 aliphatic carbocycles. The first-order valence-corrected chi connectivity index (χ1v) is 5.52. The van der Waals surface area contributed by atoms with Crippen LogP contribution in [0, 0.1) is 5.92 Å². The van der Waals surface area contributed by atoms with Crippen LogP contribution in [0.2, 0.25) is 0 Å². The highest BCUT2D eigenvalue weighted by Gasteiger charge is 2.33. The molecule has 0 unspecified atom stereocenters. The summed E-state index contributed by atoms with van der Waals surface area (Å²) in [5.74, 6) is 0.590. The van der Waals surface area contributed by atoms with Crippen LogP contribution in [0.25, 0.3) is 0 Å². The Morgan fingerprint density at radius 3 is 2.21 bits per heavy atom. The molecule has 0 aromatic rings. The Labute approximate surface area is 85.9 Å². The zero-order valence-corrected chi connectivity index (χ0v) is 9.40. The maximum absolute atomic E-state index is 4.17. The number of unbranched alkanes of at least 4 members (excludes halogenated alkanes) is 2. The average molecular weight is 196 g/mol. The first-order chi connectivity index (χ1) is 6.68. The van der Waals surface area contributed by atoms with Gasteiger partial charge in [-0.15, -0.1) is 10.2 Å². The lowest BCUT2D eigenvalue weighted by atomic mass is 9.93. The summed E-state index contributed by atoms with van der Waals surface area (Å²) < 4.78 is 0. The molecule has 0 bridgehead atoms. The molecule has 80 valence electrons. The molecule has 0 aromatic heterocycles. The van der Waals surface area contributed by atoms with E-state index in [1.165, 1.54) is 19.3 Å². The molecular formula is C10H20N4. The molecule has 4 nitrogen and oxygen atoms in total. The fourth-order valence-corrected chi connectivity index (χ4v) is 1.82. The van der Waals surface area contributed by atoms with E-state index in [1.807, 2.05) is 0 Å². The molecule has 1 aliphatic rings. The Morgan fingerprint density at radius 1 is 1.07 bits per heavy atom. The topological polar surface area (TPSA) is 49.4 Å². The van der Waals surface area contributed by atoms with E-state index in [-0.39, 0.29) is 5.66 Å². The maximum atomic E-state index is 4.17. The molecular weight excluding hydrogens is 176 g/mol. The highest BCUT2D eigenvalue weighted by atomic mass is 15.6. The van der Waals surface area contributed by atoms with Gasteiger partial charge in [0.15, 0.2) is 5.66 Å². The van der Waals surface area contributed by atoms with Gasteiger partial charge in [-0.1, -0.05) is 33.6 Å². The summed E-state index contributed by atoms with van der Waals surface area (Å²) in [6.45, 7) is 6.57. The third-order valence-electron chi connectivity index (χ3n) is 2.42. The van der Waals surface area contributed by atoms with Gasteiger partial charge >= 0.3 is 0 Å². The number of rotatable bonds is 6. The van der Waals surface area contributed by atoms with Crippen LogP contribution in [0.15, 0.2) is 20.7 Å². The van der Waals surface area contributed by atoms with E-state index in [1.54, 1.807) is 0 Å². The van der Waals surface area contributed by atoms with E-state index < -0.39 is 0 Å². The number of hydrogen-bond acceptors (Lipinski definition) is 4. The standard InChI is InChI=1S/C10H20N4/c1-4-5-6-7-10(8-9(2)3)11-13-14-12-10/h9H,4-8H2,1-3H3. The fourth-order valence-electron chi connectivity index (χ4n) is 1.82. The fraction of sp³-hybridized carbons (Fsp3) is 1.00. The summed E-state index contributed by atoms with van der Waals surface area (Å²) in [6.07, 6.45) is 5.59. The van der Waals surface area contributed by atoms with E-state index >= 15 is 0 Å². The molecule has 0 aromatic carbocycles. The Hall–Kier alpha value is -0.800. The van der Waals surface area contributed by atoms with Crippen molar-refractivity contribution in [3.63, 3.8) is 0 Å². The minimum atomic E-state index is -0.316. The summed E-state index contributed by atoms with van der Waals surface area (Å²) in [6, 6.07) is 0. The normalized spacial score (nSPS) is 18.3. The molecule has 0 amide bonds. The Bertz CT molecular complexity index is 208. The van der Waals surface area contributed by atoms with Crippen LogP contribution < -0.4 is 0 Å². The van der Waals surface area contributed by atoms with Crippen LogP contribution >= 0.6 is 0 Å². The summed E-state index contributed by atoms with van der Waals surface area (Å²) in [5.41, 5.74) is -0.316. The smallest absolute Gasteiger partial charge is 0.135 e. The second kappa shape index (κ2) is 5.17. The summed E-state index contributed by atoms with van der Waals surface area (Å²) in [5, 5.41) is 15.6. The molecule has 0 atom stereocenters. The van der Waals surface area contributed by atoms with Gasteiger partial charge in [-0.05, 0) is 35.6 Å². The van der Waals surface area contributed by atoms with Crippen LogP contribution in [-0.2, 0) is 0 Å². The summed E-state index contributed by atoms with van der Waals surface area (Å²) in [7, 11) is 0. The average Bonchev–Trinajstić information content (AvgIpc) is 2.53. The zero-order chi connectivity index (χ0) is 10.4. The predicted octanol–water partition coefficient (Wildman–Crippen LogP) is 4.14. The predicted molar refractivity (Wildman–Crippen MR) is 56.0 cm³/mol. The van der Waals surface area contributed by atoms with E-state index in [0.29, 0.717) is 5.92 Å². The molecule has 0 N–H and O–H groups in total. The van der Waals surface area contributed by atoms with E-state index in [2.05, 4.69) is 41.4 Å². The SMILES string of the molecule is CCCCCC1(CC(C)C)N=NN=N1. The monoisotopic (exact) mass is 196 g/mol. The van der Waals surface area contributed by atoms with Crippen molar-refractivity contribution in [2.24, 2.45) is 26.6 Å². The van der Waals surface area contributed by atoms with Crippen molar-refractivity contribution in [3.8, 4) is 0 Å². The Balaban J connectivity index is 2.46. The summed E-state index contributed by atoms with van der Waals surface area (Å²) >= 11 is 0. The minimum absolute atomic E-state index is 0.316. The lowest BCUT2D eigenvalue weighted by Gasteiger charge is -2.21. The number of hydrogen-bond donors (Lipinski definition) is 0. The molecule has 0 spiro atoms. The maximum Gasteiger partial charge on any atom is 0.195 e.